The number of aromatic nitrogens is 2. The van der Waals surface area contributed by atoms with Crippen molar-refractivity contribution >= 4 is 56.9 Å². The van der Waals surface area contributed by atoms with E-state index in [1.807, 2.05) is 71.8 Å². The summed E-state index contributed by atoms with van der Waals surface area (Å²) in [7, 11) is 0. The Balaban J connectivity index is 1.50. The van der Waals surface area contributed by atoms with Crippen LogP contribution in [0, 0.1) is 0 Å². The molecule has 22 heavy (non-hydrogen) atoms. The quantitative estimate of drug-likeness (QED) is 0.667. The monoisotopic (exact) mass is 358 g/mol. The molecule has 2 nitrogen and oxygen atoms in total. The van der Waals surface area contributed by atoms with E-state index in [9.17, 15) is 0 Å². The smallest absolute Gasteiger partial charge is 0.0700 e. The van der Waals surface area contributed by atoms with E-state index >= 15 is 0 Å². The van der Waals surface area contributed by atoms with Crippen LogP contribution in [0.2, 0.25) is 0 Å². The normalized spacial score (nSPS) is 20.9. The van der Waals surface area contributed by atoms with Gasteiger partial charge in [0.05, 0.1) is 8.47 Å². The lowest BCUT2D eigenvalue weighted by atomic mass is 10.3. The Bertz CT molecular complexity index is 715. The molecule has 0 N–H and O–H groups in total. The Hall–Kier alpha value is -1.08. The Morgan fingerprint density at radius 3 is 1.41 bits per heavy atom. The van der Waals surface area contributed by atoms with Crippen molar-refractivity contribution < 1.29 is 0 Å². The van der Waals surface area contributed by atoms with Gasteiger partial charge in [-0.05, 0) is 46.2 Å². The first-order valence-electron chi connectivity index (χ1n) is 6.54. The minimum absolute atomic E-state index is 1.23. The first-order chi connectivity index (χ1) is 10.9. The van der Waals surface area contributed by atoms with Crippen molar-refractivity contribution in [2.45, 2.75) is 0 Å². The van der Waals surface area contributed by atoms with Crippen molar-refractivity contribution in [1.82, 2.24) is 9.97 Å². The highest BCUT2D eigenvalue weighted by Crippen LogP contribution is 2.58. The average Bonchev–Trinajstić information content (AvgIpc) is 3.26. The predicted octanol–water partition coefficient (Wildman–Crippen LogP) is 5.86. The molecule has 0 atom stereocenters. The summed E-state index contributed by atoms with van der Waals surface area (Å²) >= 11 is 7.32. The molecule has 2 aliphatic heterocycles. The zero-order valence-corrected chi connectivity index (χ0v) is 14.6. The van der Waals surface area contributed by atoms with Gasteiger partial charge < -0.3 is 0 Å². The second-order valence-corrected chi connectivity index (χ2v) is 8.83. The fraction of sp³-hybridized carbons (Fsp3) is 0. The third kappa shape index (κ3) is 3.01. The van der Waals surface area contributed by atoms with Gasteiger partial charge in [-0.15, -0.1) is 0 Å². The highest BCUT2D eigenvalue weighted by atomic mass is 32.2. The van der Waals surface area contributed by atoms with Crippen LogP contribution in [0.5, 0.6) is 0 Å². The van der Waals surface area contributed by atoms with Gasteiger partial charge in [0.15, 0.2) is 0 Å². The molecule has 0 aliphatic carbocycles. The molecule has 6 heteroatoms. The first-order valence-corrected chi connectivity index (χ1v) is 9.94. The maximum absolute atomic E-state index is 4.08. The molecule has 108 valence electrons. The lowest BCUT2D eigenvalue weighted by Gasteiger charge is -2.04. The lowest BCUT2D eigenvalue weighted by molar-refractivity contribution is 1.32. The van der Waals surface area contributed by atoms with E-state index in [4.69, 9.17) is 0 Å². The van der Waals surface area contributed by atoms with Gasteiger partial charge >= 0.3 is 0 Å². The van der Waals surface area contributed by atoms with Gasteiger partial charge in [-0.1, -0.05) is 47.0 Å². The highest BCUT2D eigenvalue weighted by molar-refractivity contribution is 8.36. The van der Waals surface area contributed by atoms with Crippen LogP contribution in [-0.2, 0) is 0 Å². The molecule has 0 aromatic carbocycles. The molecule has 2 aromatic heterocycles. The maximum Gasteiger partial charge on any atom is 0.0700 e. The van der Waals surface area contributed by atoms with Crippen molar-refractivity contribution in [3.05, 3.63) is 79.5 Å². The average molecular weight is 359 g/mol. The van der Waals surface area contributed by atoms with Gasteiger partial charge in [0, 0.05) is 34.6 Å². The molecule has 4 rings (SSSR count). The molecule has 0 radical (unpaired) electrons. The SMILES string of the molecule is C1=C(c2ccncc2)SC(=C2SC=C(c3ccncc3)S2)S1. The van der Waals surface area contributed by atoms with Gasteiger partial charge in [0.25, 0.3) is 0 Å². The Kier molecular flexibility index (Phi) is 4.34. The summed E-state index contributed by atoms with van der Waals surface area (Å²) in [6.07, 6.45) is 7.37. The van der Waals surface area contributed by atoms with E-state index in [2.05, 4.69) is 45.0 Å². The van der Waals surface area contributed by atoms with Crippen molar-refractivity contribution in [3.8, 4) is 0 Å². The third-order valence-corrected chi connectivity index (χ3v) is 8.41. The molecule has 2 aromatic rings. The number of thioether (sulfide) groups is 4. The van der Waals surface area contributed by atoms with Crippen LogP contribution < -0.4 is 0 Å². The van der Waals surface area contributed by atoms with Crippen LogP contribution in [0.25, 0.3) is 9.81 Å². The van der Waals surface area contributed by atoms with E-state index in [0.29, 0.717) is 0 Å². The molecule has 0 fully saturated rings. The summed E-state index contributed by atoms with van der Waals surface area (Å²) in [5.41, 5.74) is 2.47. The molecule has 0 saturated carbocycles. The number of pyridine rings is 2. The summed E-state index contributed by atoms with van der Waals surface area (Å²) in [4.78, 5) is 10.8. The van der Waals surface area contributed by atoms with Crippen molar-refractivity contribution in [1.29, 1.82) is 0 Å². The van der Waals surface area contributed by atoms with E-state index in [1.165, 1.54) is 29.4 Å². The molecule has 0 amide bonds. The number of hydrogen-bond acceptors (Lipinski definition) is 6. The number of rotatable bonds is 2. The second-order valence-electron chi connectivity index (χ2n) is 4.45. The summed E-state index contributed by atoms with van der Waals surface area (Å²) in [6.45, 7) is 0. The van der Waals surface area contributed by atoms with Gasteiger partial charge in [0.2, 0.25) is 0 Å². The Labute approximate surface area is 146 Å². The molecule has 0 bridgehead atoms. The predicted molar refractivity (Wildman–Crippen MR) is 102 cm³/mol. The molecular weight excluding hydrogens is 348 g/mol. The van der Waals surface area contributed by atoms with E-state index in [0.717, 1.165) is 0 Å². The third-order valence-electron chi connectivity index (χ3n) is 3.05. The summed E-state index contributed by atoms with van der Waals surface area (Å²) in [6, 6.07) is 8.23. The minimum atomic E-state index is 1.23. The number of nitrogens with zero attached hydrogens (tertiary/aromatic N) is 2. The number of hydrogen-bond donors (Lipinski definition) is 0. The van der Waals surface area contributed by atoms with Crippen LogP contribution in [0.3, 0.4) is 0 Å². The van der Waals surface area contributed by atoms with Crippen molar-refractivity contribution in [2.75, 3.05) is 0 Å². The van der Waals surface area contributed by atoms with Crippen LogP contribution >= 0.6 is 47.0 Å². The standard InChI is InChI=1S/C16H10N2S4/c1-5-17-6-2-11(1)13-9-19-15(21-13)16-20-10-14(22-16)12-3-7-18-8-4-12/h1-10H. The van der Waals surface area contributed by atoms with Crippen LogP contribution in [0.1, 0.15) is 11.1 Å². The highest BCUT2D eigenvalue weighted by Gasteiger charge is 2.23. The lowest BCUT2D eigenvalue weighted by Crippen LogP contribution is -1.78. The van der Waals surface area contributed by atoms with E-state index in [-0.39, 0.29) is 0 Å². The largest absolute Gasteiger partial charge is 0.265 e. The van der Waals surface area contributed by atoms with Crippen LogP contribution in [-0.4, -0.2) is 9.97 Å². The maximum atomic E-state index is 4.08. The van der Waals surface area contributed by atoms with Crippen LogP contribution in [0.4, 0.5) is 0 Å². The summed E-state index contributed by atoms with van der Waals surface area (Å²) in [5, 5.41) is 4.46. The molecule has 0 spiro atoms. The topological polar surface area (TPSA) is 25.8 Å². The van der Waals surface area contributed by atoms with Gasteiger partial charge in [-0.25, -0.2) is 0 Å². The fourth-order valence-corrected chi connectivity index (χ4v) is 6.91. The van der Waals surface area contributed by atoms with E-state index < -0.39 is 0 Å². The minimum Gasteiger partial charge on any atom is -0.265 e. The second kappa shape index (κ2) is 6.58. The van der Waals surface area contributed by atoms with Crippen molar-refractivity contribution in [3.63, 3.8) is 0 Å². The summed E-state index contributed by atoms with van der Waals surface area (Å²) < 4.78 is 2.73. The fourth-order valence-electron chi connectivity index (χ4n) is 1.98. The van der Waals surface area contributed by atoms with Crippen molar-refractivity contribution in [2.24, 2.45) is 0 Å². The molecule has 2 aliphatic rings. The van der Waals surface area contributed by atoms with Crippen LogP contribution in [0.15, 0.2) is 68.3 Å². The zero-order chi connectivity index (χ0) is 14.8. The zero-order valence-electron chi connectivity index (χ0n) is 11.3. The van der Waals surface area contributed by atoms with E-state index in [1.54, 1.807) is 0 Å². The first kappa shape index (κ1) is 14.5. The summed E-state index contributed by atoms with van der Waals surface area (Å²) in [5.74, 6) is 0. The molecule has 4 heterocycles. The molecular formula is C16H10N2S4. The molecule has 0 unspecified atom stereocenters. The Morgan fingerprint density at radius 2 is 1.00 bits per heavy atom. The Morgan fingerprint density at radius 1 is 0.591 bits per heavy atom. The van der Waals surface area contributed by atoms with Gasteiger partial charge in [-0.2, -0.15) is 0 Å². The molecule has 0 saturated heterocycles. The van der Waals surface area contributed by atoms with Gasteiger partial charge in [-0.3, -0.25) is 9.97 Å². The van der Waals surface area contributed by atoms with Gasteiger partial charge in [0.1, 0.15) is 0 Å².